The minimum absolute atomic E-state index is 0.0359. The molecular formula is C35H27N5O4S. The lowest BCUT2D eigenvalue weighted by Crippen LogP contribution is -2.28. The van der Waals surface area contributed by atoms with E-state index >= 15 is 0 Å². The minimum Gasteiger partial charge on any atom is -0.258 e. The highest BCUT2D eigenvalue weighted by Crippen LogP contribution is 2.49. The van der Waals surface area contributed by atoms with Gasteiger partial charge < -0.3 is 0 Å². The second-order valence-electron chi connectivity index (χ2n) is 11.0. The fourth-order valence-electron chi connectivity index (χ4n) is 6.16. The minimum atomic E-state index is -0.400. The van der Waals surface area contributed by atoms with Gasteiger partial charge >= 0.3 is 0 Å². The van der Waals surface area contributed by atoms with Crippen molar-refractivity contribution in [1.29, 1.82) is 0 Å². The maximum absolute atomic E-state index is 11.5. The van der Waals surface area contributed by atoms with Crippen LogP contribution in [-0.4, -0.2) is 20.5 Å². The van der Waals surface area contributed by atoms with E-state index in [4.69, 9.17) is 10.1 Å². The Morgan fingerprint density at radius 1 is 0.778 bits per heavy atom. The molecule has 45 heavy (non-hydrogen) atoms. The van der Waals surface area contributed by atoms with Crippen molar-refractivity contribution in [3.05, 3.63) is 146 Å². The zero-order valence-corrected chi connectivity index (χ0v) is 24.8. The van der Waals surface area contributed by atoms with E-state index in [2.05, 4.69) is 30.3 Å². The van der Waals surface area contributed by atoms with Crippen LogP contribution >= 0.6 is 11.3 Å². The predicted octanol–water partition coefficient (Wildman–Crippen LogP) is 9.09. The van der Waals surface area contributed by atoms with Gasteiger partial charge in [-0.3, -0.25) is 20.2 Å². The largest absolute Gasteiger partial charge is 0.269 e. The van der Waals surface area contributed by atoms with Gasteiger partial charge in [-0.15, -0.1) is 0 Å². The highest BCUT2D eigenvalue weighted by Gasteiger charge is 2.43. The normalized spacial score (nSPS) is 18.4. The summed E-state index contributed by atoms with van der Waals surface area (Å²) in [5.74, 6) is 0.0359. The van der Waals surface area contributed by atoms with Crippen LogP contribution < -0.4 is 5.01 Å². The molecule has 2 unspecified atom stereocenters. The topological polar surface area (TPSA) is 115 Å². The summed E-state index contributed by atoms with van der Waals surface area (Å²) < 4.78 is 0. The molecule has 0 radical (unpaired) electrons. The number of anilines is 1. The lowest BCUT2D eigenvalue weighted by atomic mass is 9.77. The number of fused-ring (bicyclic) bond motifs is 1. The van der Waals surface area contributed by atoms with Crippen LogP contribution in [-0.2, 0) is 0 Å². The van der Waals surface area contributed by atoms with Crippen molar-refractivity contribution in [2.24, 2.45) is 11.0 Å². The molecule has 1 aliphatic carbocycles. The maximum Gasteiger partial charge on any atom is 0.269 e. The lowest BCUT2D eigenvalue weighted by Gasteiger charge is -2.29. The first-order valence-corrected chi connectivity index (χ1v) is 15.5. The third-order valence-electron chi connectivity index (χ3n) is 8.29. The van der Waals surface area contributed by atoms with Gasteiger partial charge in [0.2, 0.25) is 5.13 Å². The average molecular weight is 614 g/mol. The van der Waals surface area contributed by atoms with Gasteiger partial charge in [0.1, 0.15) is 0 Å². The summed E-state index contributed by atoms with van der Waals surface area (Å²) in [7, 11) is 0. The molecule has 10 heteroatoms. The molecule has 0 saturated heterocycles. The maximum atomic E-state index is 11.5. The van der Waals surface area contributed by atoms with Crippen molar-refractivity contribution in [3.8, 4) is 21.7 Å². The fourth-order valence-corrected chi connectivity index (χ4v) is 7.24. The van der Waals surface area contributed by atoms with Gasteiger partial charge in [-0.25, -0.2) is 9.99 Å². The van der Waals surface area contributed by atoms with Crippen molar-refractivity contribution in [3.63, 3.8) is 0 Å². The first kappa shape index (κ1) is 28.3. The third kappa shape index (κ3) is 5.51. The Labute approximate surface area is 263 Å². The molecule has 0 amide bonds. The fraction of sp³-hybridized carbons (Fsp3) is 0.143. The number of hydrogen-bond acceptors (Lipinski definition) is 8. The lowest BCUT2D eigenvalue weighted by molar-refractivity contribution is -0.385. The number of thiazole rings is 1. The highest BCUT2D eigenvalue weighted by molar-refractivity contribution is 7.19. The zero-order chi connectivity index (χ0) is 30.9. The Hall–Kier alpha value is -5.48. The molecule has 5 aromatic rings. The summed E-state index contributed by atoms with van der Waals surface area (Å²) in [6.07, 6.45) is 4.74. The number of hydrogen-bond donors (Lipinski definition) is 0. The molecule has 1 aromatic heterocycles. The SMILES string of the molecule is O=[N+]([O-])c1ccc(/C=C2\CCCC3C2=NN(c2nc(-c4ccccc4)c(-c4ccccc4)s2)C3c2ccc([N+](=O)[O-])cc2)cc1. The molecule has 2 aliphatic rings. The predicted molar refractivity (Wildman–Crippen MR) is 177 cm³/mol. The van der Waals surface area contributed by atoms with E-state index in [1.165, 1.54) is 12.1 Å². The number of nitrogens with zero attached hydrogens (tertiary/aromatic N) is 5. The van der Waals surface area contributed by atoms with Crippen molar-refractivity contribution in [1.82, 2.24) is 4.98 Å². The van der Waals surface area contributed by atoms with Crippen LogP contribution in [0.1, 0.15) is 36.4 Å². The summed E-state index contributed by atoms with van der Waals surface area (Å²) in [5.41, 5.74) is 6.88. The standard InChI is InChI=1S/C35H27N5O4S/c41-39(42)28-18-14-23(15-19-28)22-27-12-7-13-30-31(27)37-38(33(30)25-16-20-29(21-17-25)40(43)44)35-36-32(24-8-3-1-4-9-24)34(45-35)26-10-5-2-6-11-26/h1-6,8-11,14-22,30,33H,7,12-13H2/b27-22+. The molecule has 1 fully saturated rings. The smallest absolute Gasteiger partial charge is 0.258 e. The van der Waals surface area contributed by atoms with Gasteiger partial charge in [0.05, 0.1) is 32.2 Å². The van der Waals surface area contributed by atoms with Gasteiger partial charge in [0.25, 0.3) is 11.4 Å². The summed E-state index contributed by atoms with van der Waals surface area (Å²) in [6, 6.07) is 33.4. The number of benzene rings is 4. The molecule has 0 bridgehead atoms. The molecule has 0 N–H and O–H groups in total. The van der Waals surface area contributed by atoms with Crippen LogP contribution in [0.4, 0.5) is 16.5 Å². The number of allylic oxidation sites excluding steroid dienone is 1. The monoisotopic (exact) mass is 613 g/mol. The number of hydrazone groups is 1. The van der Waals surface area contributed by atoms with Crippen molar-refractivity contribution >= 4 is 39.6 Å². The van der Waals surface area contributed by atoms with Crippen molar-refractivity contribution in [2.75, 3.05) is 5.01 Å². The molecule has 9 nitrogen and oxygen atoms in total. The van der Waals surface area contributed by atoms with Crippen LogP contribution in [0.2, 0.25) is 0 Å². The molecular weight excluding hydrogens is 586 g/mol. The first-order valence-electron chi connectivity index (χ1n) is 14.7. The van der Waals surface area contributed by atoms with Crippen LogP contribution in [0, 0.1) is 26.1 Å². The average Bonchev–Trinajstić information content (AvgIpc) is 3.69. The number of nitro groups is 2. The Balaban J connectivity index is 1.36. The molecule has 7 rings (SSSR count). The number of non-ortho nitro benzene ring substituents is 2. The molecule has 2 heterocycles. The summed E-state index contributed by atoms with van der Waals surface area (Å²) in [5, 5.41) is 30.6. The van der Waals surface area contributed by atoms with Crippen LogP contribution in [0.15, 0.2) is 120 Å². The van der Waals surface area contributed by atoms with Gasteiger partial charge in [-0.1, -0.05) is 84.1 Å². The molecule has 0 spiro atoms. The van der Waals surface area contributed by atoms with Crippen LogP contribution in [0.25, 0.3) is 27.8 Å². The Kier molecular flexibility index (Phi) is 7.48. The third-order valence-corrected chi connectivity index (χ3v) is 9.38. The summed E-state index contributed by atoms with van der Waals surface area (Å²) >= 11 is 1.58. The molecule has 2 atom stereocenters. The van der Waals surface area contributed by atoms with E-state index in [1.807, 2.05) is 53.5 Å². The first-order chi connectivity index (χ1) is 22.0. The van der Waals surface area contributed by atoms with Gasteiger partial charge in [0, 0.05) is 35.7 Å². The van der Waals surface area contributed by atoms with E-state index in [-0.39, 0.29) is 28.3 Å². The quantitative estimate of drug-likeness (QED) is 0.134. The second kappa shape index (κ2) is 11.9. The second-order valence-corrected chi connectivity index (χ2v) is 12.0. The Bertz CT molecular complexity index is 1880. The molecule has 1 saturated carbocycles. The number of rotatable bonds is 7. The van der Waals surface area contributed by atoms with E-state index in [1.54, 1.807) is 35.6 Å². The van der Waals surface area contributed by atoms with E-state index in [0.717, 1.165) is 68.5 Å². The van der Waals surface area contributed by atoms with Crippen molar-refractivity contribution < 1.29 is 9.85 Å². The zero-order valence-electron chi connectivity index (χ0n) is 24.0. The highest BCUT2D eigenvalue weighted by atomic mass is 32.1. The van der Waals surface area contributed by atoms with E-state index in [0.29, 0.717) is 0 Å². The van der Waals surface area contributed by atoms with Gasteiger partial charge in [-0.05, 0) is 59.7 Å². The van der Waals surface area contributed by atoms with Crippen LogP contribution in [0.3, 0.4) is 0 Å². The number of aromatic nitrogens is 1. The summed E-state index contributed by atoms with van der Waals surface area (Å²) in [4.78, 5) is 28.1. The van der Waals surface area contributed by atoms with Crippen LogP contribution in [0.5, 0.6) is 0 Å². The Morgan fingerprint density at radius 2 is 1.38 bits per heavy atom. The molecule has 222 valence electrons. The van der Waals surface area contributed by atoms with Gasteiger partial charge in [0.15, 0.2) is 0 Å². The molecule has 1 aliphatic heterocycles. The number of nitro benzene ring substituents is 2. The van der Waals surface area contributed by atoms with Gasteiger partial charge in [-0.2, -0.15) is 5.10 Å². The molecule has 4 aromatic carbocycles. The van der Waals surface area contributed by atoms with E-state index in [9.17, 15) is 20.2 Å². The summed E-state index contributed by atoms with van der Waals surface area (Å²) in [6.45, 7) is 0. The van der Waals surface area contributed by atoms with E-state index < -0.39 is 4.92 Å². The Morgan fingerprint density at radius 3 is 2.00 bits per heavy atom. The van der Waals surface area contributed by atoms with Crippen molar-refractivity contribution in [2.45, 2.75) is 25.3 Å².